The van der Waals surface area contributed by atoms with E-state index in [-0.39, 0.29) is 11.8 Å². The summed E-state index contributed by atoms with van der Waals surface area (Å²) in [6.45, 7) is 11.2. The van der Waals surface area contributed by atoms with E-state index in [2.05, 4.69) is 12.2 Å². The molecule has 1 N–H and O–H groups in total. The van der Waals surface area contributed by atoms with Crippen LogP contribution in [0.3, 0.4) is 0 Å². The SMILES string of the molecule is Cc1ccc(NC(=O)C(C)(C)C(=O)N2CCC(C)CC2)cc1C. The summed E-state index contributed by atoms with van der Waals surface area (Å²) in [6, 6.07) is 5.80. The fraction of sp³-hybridized carbons (Fsp3) is 0.579. The number of aryl methyl sites for hydroxylation is 2. The third kappa shape index (κ3) is 3.92. The summed E-state index contributed by atoms with van der Waals surface area (Å²) in [5.41, 5.74) is 1.99. The van der Waals surface area contributed by atoms with E-state index < -0.39 is 5.41 Å². The Kier molecular flexibility index (Phi) is 5.12. The fourth-order valence-corrected chi connectivity index (χ4v) is 2.81. The molecule has 1 aromatic carbocycles. The van der Waals surface area contributed by atoms with Gasteiger partial charge >= 0.3 is 0 Å². The predicted molar refractivity (Wildman–Crippen MR) is 93.3 cm³/mol. The summed E-state index contributed by atoms with van der Waals surface area (Å²) in [7, 11) is 0. The standard InChI is InChI=1S/C19H28N2O2/c1-13-8-10-21(11-9-13)18(23)19(4,5)17(22)20-16-7-6-14(2)15(3)12-16/h6-7,12-13H,8-11H2,1-5H3,(H,20,22). The van der Waals surface area contributed by atoms with Gasteiger partial charge in [-0.15, -0.1) is 0 Å². The minimum Gasteiger partial charge on any atom is -0.342 e. The molecule has 1 aliphatic heterocycles. The van der Waals surface area contributed by atoms with Crippen LogP contribution in [0.5, 0.6) is 0 Å². The number of carbonyl (C=O) groups excluding carboxylic acids is 2. The van der Waals surface area contributed by atoms with Crippen molar-refractivity contribution in [2.24, 2.45) is 11.3 Å². The molecular weight excluding hydrogens is 288 g/mol. The van der Waals surface area contributed by atoms with Gasteiger partial charge in [-0.25, -0.2) is 0 Å². The Hall–Kier alpha value is -1.84. The lowest BCUT2D eigenvalue weighted by atomic mass is 9.88. The number of amides is 2. The molecule has 0 spiro atoms. The van der Waals surface area contributed by atoms with Gasteiger partial charge in [0.2, 0.25) is 11.8 Å². The van der Waals surface area contributed by atoms with Crippen LogP contribution in [0.25, 0.3) is 0 Å². The number of nitrogens with zero attached hydrogens (tertiary/aromatic N) is 1. The molecule has 2 amide bonds. The van der Waals surface area contributed by atoms with Gasteiger partial charge in [0.15, 0.2) is 0 Å². The van der Waals surface area contributed by atoms with Crippen molar-refractivity contribution in [3.8, 4) is 0 Å². The first kappa shape index (κ1) is 17.5. The van der Waals surface area contributed by atoms with Crippen LogP contribution in [0.2, 0.25) is 0 Å². The van der Waals surface area contributed by atoms with Crippen molar-refractivity contribution in [2.45, 2.75) is 47.5 Å². The molecule has 4 heteroatoms. The monoisotopic (exact) mass is 316 g/mol. The van der Waals surface area contributed by atoms with Crippen LogP contribution in [0.1, 0.15) is 44.7 Å². The molecule has 0 radical (unpaired) electrons. The minimum atomic E-state index is -1.06. The summed E-state index contributed by atoms with van der Waals surface area (Å²) in [4.78, 5) is 27.2. The van der Waals surface area contributed by atoms with Gasteiger partial charge in [0.1, 0.15) is 5.41 Å². The predicted octanol–water partition coefficient (Wildman–Crippen LogP) is 3.53. The Morgan fingerprint density at radius 3 is 2.30 bits per heavy atom. The molecule has 0 aromatic heterocycles. The van der Waals surface area contributed by atoms with Crippen molar-refractivity contribution in [3.63, 3.8) is 0 Å². The molecule has 23 heavy (non-hydrogen) atoms. The number of hydrogen-bond donors (Lipinski definition) is 1. The average Bonchev–Trinajstić information content (AvgIpc) is 2.51. The van der Waals surface area contributed by atoms with Crippen molar-refractivity contribution >= 4 is 17.5 Å². The van der Waals surface area contributed by atoms with Crippen LogP contribution in [0.4, 0.5) is 5.69 Å². The summed E-state index contributed by atoms with van der Waals surface area (Å²) in [5.74, 6) is 0.335. The highest BCUT2D eigenvalue weighted by atomic mass is 16.2. The Bertz CT molecular complexity index is 599. The van der Waals surface area contributed by atoms with Crippen molar-refractivity contribution in [3.05, 3.63) is 29.3 Å². The van der Waals surface area contributed by atoms with Gasteiger partial charge in [-0.3, -0.25) is 9.59 Å². The zero-order chi connectivity index (χ0) is 17.2. The smallest absolute Gasteiger partial charge is 0.239 e. The topological polar surface area (TPSA) is 49.4 Å². The lowest BCUT2D eigenvalue weighted by molar-refractivity contribution is -0.147. The molecule has 2 rings (SSSR count). The van der Waals surface area contributed by atoms with Crippen molar-refractivity contribution in [1.82, 2.24) is 4.90 Å². The van der Waals surface area contributed by atoms with E-state index in [4.69, 9.17) is 0 Å². The molecular formula is C19H28N2O2. The minimum absolute atomic E-state index is 0.0780. The van der Waals surface area contributed by atoms with Crippen LogP contribution >= 0.6 is 0 Å². The number of rotatable bonds is 3. The molecule has 1 aromatic rings. The number of nitrogens with one attached hydrogen (secondary N) is 1. The van der Waals surface area contributed by atoms with Crippen molar-refractivity contribution in [2.75, 3.05) is 18.4 Å². The van der Waals surface area contributed by atoms with Crippen LogP contribution in [0, 0.1) is 25.2 Å². The van der Waals surface area contributed by atoms with Crippen LogP contribution < -0.4 is 5.32 Å². The zero-order valence-electron chi connectivity index (χ0n) is 14.9. The first-order chi connectivity index (χ1) is 10.7. The number of piperidine rings is 1. The van der Waals surface area contributed by atoms with E-state index >= 15 is 0 Å². The summed E-state index contributed by atoms with van der Waals surface area (Å²) >= 11 is 0. The van der Waals surface area contributed by atoms with E-state index in [0.29, 0.717) is 5.92 Å². The Labute approximate surface area is 139 Å². The van der Waals surface area contributed by atoms with Gasteiger partial charge in [0.25, 0.3) is 0 Å². The maximum Gasteiger partial charge on any atom is 0.239 e. The first-order valence-corrected chi connectivity index (χ1v) is 8.40. The number of likely N-dealkylation sites (tertiary alicyclic amines) is 1. The molecule has 1 fully saturated rings. The van der Waals surface area contributed by atoms with E-state index in [1.807, 2.05) is 36.9 Å². The average molecular weight is 316 g/mol. The van der Waals surface area contributed by atoms with Gasteiger partial charge in [0, 0.05) is 18.8 Å². The molecule has 0 bridgehead atoms. The largest absolute Gasteiger partial charge is 0.342 e. The molecule has 0 saturated carbocycles. The van der Waals surface area contributed by atoms with E-state index in [1.165, 1.54) is 5.56 Å². The van der Waals surface area contributed by atoms with Gasteiger partial charge < -0.3 is 10.2 Å². The fourth-order valence-electron chi connectivity index (χ4n) is 2.81. The zero-order valence-corrected chi connectivity index (χ0v) is 14.9. The number of anilines is 1. The van der Waals surface area contributed by atoms with E-state index in [0.717, 1.165) is 37.2 Å². The molecule has 1 heterocycles. The molecule has 0 atom stereocenters. The number of carbonyl (C=O) groups is 2. The van der Waals surface area contributed by atoms with Crippen LogP contribution in [0.15, 0.2) is 18.2 Å². The second kappa shape index (κ2) is 6.73. The second-order valence-corrected chi connectivity index (χ2v) is 7.35. The molecule has 1 saturated heterocycles. The maximum absolute atomic E-state index is 12.7. The van der Waals surface area contributed by atoms with Gasteiger partial charge in [-0.1, -0.05) is 13.0 Å². The summed E-state index contributed by atoms with van der Waals surface area (Å²) < 4.78 is 0. The summed E-state index contributed by atoms with van der Waals surface area (Å²) in [6.07, 6.45) is 2.03. The molecule has 0 aliphatic carbocycles. The van der Waals surface area contributed by atoms with Gasteiger partial charge in [-0.05, 0) is 69.7 Å². The lowest BCUT2D eigenvalue weighted by Gasteiger charge is -2.35. The second-order valence-electron chi connectivity index (χ2n) is 7.35. The maximum atomic E-state index is 12.7. The van der Waals surface area contributed by atoms with Crippen LogP contribution in [-0.2, 0) is 9.59 Å². The Morgan fingerprint density at radius 2 is 1.74 bits per heavy atom. The normalized spacial score (nSPS) is 16.3. The molecule has 1 aliphatic rings. The van der Waals surface area contributed by atoms with Gasteiger partial charge in [0.05, 0.1) is 0 Å². The lowest BCUT2D eigenvalue weighted by Crippen LogP contribution is -2.49. The highest BCUT2D eigenvalue weighted by Crippen LogP contribution is 2.26. The van der Waals surface area contributed by atoms with E-state index in [1.54, 1.807) is 13.8 Å². The van der Waals surface area contributed by atoms with Crippen molar-refractivity contribution in [1.29, 1.82) is 0 Å². The first-order valence-electron chi connectivity index (χ1n) is 8.40. The quantitative estimate of drug-likeness (QED) is 0.867. The Morgan fingerprint density at radius 1 is 1.13 bits per heavy atom. The molecule has 0 unspecified atom stereocenters. The number of benzene rings is 1. The van der Waals surface area contributed by atoms with Crippen LogP contribution in [-0.4, -0.2) is 29.8 Å². The molecule has 126 valence electrons. The Balaban J connectivity index is 2.06. The van der Waals surface area contributed by atoms with Crippen molar-refractivity contribution < 1.29 is 9.59 Å². The highest BCUT2D eigenvalue weighted by Gasteiger charge is 2.39. The summed E-state index contributed by atoms with van der Waals surface area (Å²) in [5, 5.41) is 2.89. The number of hydrogen-bond acceptors (Lipinski definition) is 2. The van der Waals surface area contributed by atoms with Gasteiger partial charge in [-0.2, -0.15) is 0 Å². The third-order valence-electron chi connectivity index (χ3n) is 4.94. The highest BCUT2D eigenvalue weighted by molar-refractivity contribution is 6.09. The third-order valence-corrected chi connectivity index (χ3v) is 4.94. The molecule has 4 nitrogen and oxygen atoms in total. The van der Waals surface area contributed by atoms with E-state index in [9.17, 15) is 9.59 Å².